The average molecular weight is 500 g/mol. The lowest BCUT2D eigenvalue weighted by Crippen LogP contribution is -1.92. The smallest absolute Gasteiger partial charge is 0.419 e. The summed E-state index contributed by atoms with van der Waals surface area (Å²) in [5.41, 5.74) is 2.92. The number of nitrogens with zero attached hydrogens (tertiary/aromatic N) is 2. The van der Waals surface area contributed by atoms with Gasteiger partial charge in [0.1, 0.15) is 23.0 Å². The third kappa shape index (κ3) is 6.84. The van der Waals surface area contributed by atoms with Crippen molar-refractivity contribution in [1.29, 1.82) is 0 Å². The molecule has 7 nitrogen and oxygen atoms in total. The molecule has 2 aromatic carbocycles. The van der Waals surface area contributed by atoms with E-state index >= 15 is 0 Å². The minimum atomic E-state index is -3.05. The highest BCUT2D eigenvalue weighted by Crippen LogP contribution is 2.39. The summed E-state index contributed by atoms with van der Waals surface area (Å²) in [7, 11) is 0.145. The third-order valence-corrected chi connectivity index (χ3v) is 5.83. The van der Waals surface area contributed by atoms with Crippen LogP contribution in [-0.4, -0.2) is 24.2 Å². The summed E-state index contributed by atoms with van der Waals surface area (Å²) >= 11 is 0. The number of methoxy groups -OCH3 is 2. The summed E-state index contributed by atoms with van der Waals surface area (Å²) in [5, 5.41) is 0. The molecule has 2 heterocycles. The average Bonchev–Trinajstić information content (AvgIpc) is 2.93. The van der Waals surface area contributed by atoms with Gasteiger partial charge in [-0.25, -0.2) is 4.57 Å². The first-order valence-corrected chi connectivity index (χ1v) is 12.3. The van der Waals surface area contributed by atoms with Crippen molar-refractivity contribution in [2.45, 2.75) is 0 Å². The molecule has 0 saturated carbocycles. The minimum Gasteiger partial charge on any atom is -0.497 e. The second-order valence-corrected chi connectivity index (χ2v) is 8.42. The van der Waals surface area contributed by atoms with Crippen molar-refractivity contribution in [1.82, 2.24) is 9.97 Å². The summed E-state index contributed by atoms with van der Waals surface area (Å²) in [6, 6.07) is 22.1. The zero-order valence-corrected chi connectivity index (χ0v) is 20.8. The summed E-state index contributed by atoms with van der Waals surface area (Å²) in [6.07, 6.45) is 10.1. The predicted octanol–water partition coefficient (Wildman–Crippen LogP) is 6.61. The van der Waals surface area contributed by atoms with Gasteiger partial charge in [-0.3, -0.25) is 9.97 Å². The number of rotatable bonds is 10. The predicted molar refractivity (Wildman–Crippen MR) is 141 cm³/mol. The summed E-state index contributed by atoms with van der Waals surface area (Å²) in [5.74, 6) is 2.09. The van der Waals surface area contributed by atoms with Gasteiger partial charge in [-0.05, 0) is 71.8 Å². The molecule has 0 fully saturated rings. The topological polar surface area (TPSA) is 79.8 Å². The monoisotopic (exact) mass is 500 g/mol. The lowest BCUT2D eigenvalue weighted by atomic mass is 10.1. The van der Waals surface area contributed by atoms with Crippen LogP contribution in [0.5, 0.6) is 11.5 Å². The van der Waals surface area contributed by atoms with Crippen LogP contribution in [0.25, 0.3) is 23.7 Å². The van der Waals surface area contributed by atoms with E-state index in [0.29, 0.717) is 34.1 Å². The van der Waals surface area contributed by atoms with Gasteiger partial charge in [-0.15, -0.1) is 0 Å². The molecule has 4 aromatic rings. The van der Waals surface area contributed by atoms with Gasteiger partial charge < -0.3 is 18.5 Å². The highest BCUT2D eigenvalue weighted by atomic mass is 31.1. The second kappa shape index (κ2) is 12.4. The van der Waals surface area contributed by atoms with Crippen LogP contribution in [0.2, 0.25) is 0 Å². The van der Waals surface area contributed by atoms with Gasteiger partial charge in [0.2, 0.25) is 0 Å². The molecule has 0 bridgehead atoms. The van der Waals surface area contributed by atoms with E-state index in [-0.39, 0.29) is 0 Å². The standard InChI is InChI=1S/C28H25N2O5P/c1-32-25-11-3-7-21(15-25)17-27(23-9-5-13-29-19-23)34-36(31)35-28(24-10-6-14-30-20-24)18-22-8-4-12-26(16-22)33-2/h3-20,36H,1-2H3/b27-17+,28-18+. The van der Waals surface area contributed by atoms with Crippen LogP contribution in [0.4, 0.5) is 0 Å². The van der Waals surface area contributed by atoms with Crippen molar-refractivity contribution in [3.63, 3.8) is 0 Å². The second-order valence-electron chi connectivity index (χ2n) is 7.51. The molecule has 0 spiro atoms. The van der Waals surface area contributed by atoms with E-state index in [2.05, 4.69) is 9.97 Å². The van der Waals surface area contributed by atoms with Crippen molar-refractivity contribution < 1.29 is 23.1 Å². The molecule has 0 aliphatic heterocycles. The normalized spacial score (nSPS) is 11.8. The van der Waals surface area contributed by atoms with E-state index in [1.165, 1.54) is 0 Å². The zero-order valence-electron chi connectivity index (χ0n) is 19.8. The maximum atomic E-state index is 13.2. The lowest BCUT2D eigenvalue weighted by molar-refractivity contribution is 0.384. The largest absolute Gasteiger partial charge is 0.497 e. The summed E-state index contributed by atoms with van der Waals surface area (Å²) in [6.45, 7) is 0. The van der Waals surface area contributed by atoms with Crippen molar-refractivity contribution in [2.24, 2.45) is 0 Å². The summed E-state index contributed by atoms with van der Waals surface area (Å²) < 4.78 is 35.6. The SMILES string of the molecule is COc1cccc(/C=C(/O[PH](=O)O/C(=C/c2cccc(OC)c2)c2cccnc2)c2cccnc2)c1. The first-order valence-electron chi connectivity index (χ1n) is 11.1. The molecule has 0 aliphatic rings. The molecule has 2 aromatic heterocycles. The van der Waals surface area contributed by atoms with Crippen molar-refractivity contribution in [3.05, 3.63) is 120 Å². The number of ether oxygens (including phenoxy) is 2. The third-order valence-electron chi connectivity index (χ3n) is 5.06. The molecule has 0 N–H and O–H groups in total. The molecule has 0 amide bonds. The van der Waals surface area contributed by atoms with Crippen LogP contribution in [0.1, 0.15) is 22.3 Å². The zero-order chi connectivity index (χ0) is 25.2. The van der Waals surface area contributed by atoms with Gasteiger partial charge >= 0.3 is 8.25 Å². The molecule has 8 heteroatoms. The maximum absolute atomic E-state index is 13.2. The Morgan fingerprint density at radius 2 is 1.17 bits per heavy atom. The molecule has 182 valence electrons. The van der Waals surface area contributed by atoms with Crippen LogP contribution < -0.4 is 9.47 Å². The summed E-state index contributed by atoms with van der Waals surface area (Å²) in [4.78, 5) is 8.32. The Balaban J connectivity index is 1.65. The molecule has 0 radical (unpaired) electrons. The highest BCUT2D eigenvalue weighted by Gasteiger charge is 2.14. The maximum Gasteiger partial charge on any atom is 0.419 e. The first-order chi connectivity index (χ1) is 17.6. The number of pyridine rings is 2. The fourth-order valence-corrected chi connectivity index (χ4v) is 4.08. The van der Waals surface area contributed by atoms with E-state index in [1.807, 2.05) is 60.7 Å². The van der Waals surface area contributed by atoms with Crippen LogP contribution in [-0.2, 0) is 13.6 Å². The van der Waals surface area contributed by atoms with E-state index in [9.17, 15) is 4.57 Å². The van der Waals surface area contributed by atoms with Crippen molar-refractivity contribution in [3.8, 4) is 11.5 Å². The van der Waals surface area contributed by atoms with Gasteiger partial charge in [0.15, 0.2) is 0 Å². The lowest BCUT2D eigenvalue weighted by Gasteiger charge is -2.14. The van der Waals surface area contributed by atoms with Crippen LogP contribution in [0, 0.1) is 0 Å². The Bertz CT molecular complexity index is 1270. The molecule has 0 aliphatic carbocycles. The van der Waals surface area contributed by atoms with Crippen LogP contribution >= 0.6 is 8.25 Å². The first kappa shape index (κ1) is 24.8. The van der Waals surface area contributed by atoms with E-state index in [1.54, 1.807) is 63.3 Å². The molecular formula is C28H25N2O5P. The Kier molecular flexibility index (Phi) is 8.52. The van der Waals surface area contributed by atoms with Crippen LogP contribution in [0.15, 0.2) is 97.6 Å². The number of hydrogen-bond acceptors (Lipinski definition) is 7. The number of benzene rings is 2. The van der Waals surface area contributed by atoms with Gasteiger partial charge in [-0.1, -0.05) is 24.3 Å². The van der Waals surface area contributed by atoms with E-state index < -0.39 is 8.25 Å². The Morgan fingerprint density at radius 1 is 0.694 bits per heavy atom. The molecule has 0 saturated heterocycles. The molecule has 36 heavy (non-hydrogen) atoms. The quantitative estimate of drug-likeness (QED) is 0.179. The minimum absolute atomic E-state index is 0.354. The molecule has 0 unspecified atom stereocenters. The Hall–Kier alpha value is -4.35. The number of hydrogen-bond donors (Lipinski definition) is 0. The van der Waals surface area contributed by atoms with E-state index in [0.717, 1.165) is 11.1 Å². The van der Waals surface area contributed by atoms with Gasteiger partial charge in [-0.2, -0.15) is 0 Å². The van der Waals surface area contributed by atoms with Gasteiger partial charge in [0.05, 0.1) is 14.2 Å². The van der Waals surface area contributed by atoms with Gasteiger partial charge in [0.25, 0.3) is 0 Å². The van der Waals surface area contributed by atoms with E-state index in [4.69, 9.17) is 18.5 Å². The molecular weight excluding hydrogens is 475 g/mol. The highest BCUT2D eigenvalue weighted by molar-refractivity contribution is 7.34. The molecule has 0 atom stereocenters. The fraction of sp³-hybridized carbons (Fsp3) is 0.0714. The Morgan fingerprint density at radius 3 is 1.56 bits per heavy atom. The van der Waals surface area contributed by atoms with Gasteiger partial charge in [0, 0.05) is 35.9 Å². The number of aromatic nitrogens is 2. The van der Waals surface area contributed by atoms with Crippen LogP contribution in [0.3, 0.4) is 0 Å². The molecule has 4 rings (SSSR count). The fourth-order valence-electron chi connectivity index (χ4n) is 3.33. The van der Waals surface area contributed by atoms with Crippen molar-refractivity contribution >= 4 is 31.9 Å². The Labute approximate surface area is 210 Å². The van der Waals surface area contributed by atoms with Crippen molar-refractivity contribution in [2.75, 3.05) is 14.2 Å².